The van der Waals surface area contributed by atoms with Gasteiger partial charge in [0, 0.05) is 19.5 Å². The normalized spacial score (nSPS) is 27.1. The van der Waals surface area contributed by atoms with Gasteiger partial charge in [0.1, 0.15) is 5.75 Å². The number of carboxylic acids is 1. The molecule has 2 heterocycles. The summed E-state index contributed by atoms with van der Waals surface area (Å²) in [6.45, 7) is 3.19. The predicted molar refractivity (Wildman–Crippen MR) is 80.9 cm³/mol. The standard InChI is InChI=1S/C17H21NO4/c1-17(16(20)21)7-8-18(11-17)15(19)10-12-6-9-22-14-5-3-2-4-13(12)14/h2-5,12H,6-11H2,1H3,(H,20,21). The van der Waals surface area contributed by atoms with Crippen LogP contribution in [-0.4, -0.2) is 41.6 Å². The lowest BCUT2D eigenvalue weighted by Crippen LogP contribution is -2.35. The zero-order valence-electron chi connectivity index (χ0n) is 12.7. The fraction of sp³-hybridized carbons (Fsp3) is 0.529. The van der Waals surface area contributed by atoms with Gasteiger partial charge < -0.3 is 14.7 Å². The molecule has 5 heteroatoms. The molecule has 5 nitrogen and oxygen atoms in total. The summed E-state index contributed by atoms with van der Waals surface area (Å²) >= 11 is 0. The number of carbonyl (C=O) groups is 2. The van der Waals surface area contributed by atoms with Crippen molar-refractivity contribution in [2.24, 2.45) is 5.41 Å². The van der Waals surface area contributed by atoms with E-state index in [-0.39, 0.29) is 11.8 Å². The number of carboxylic acid groups (broad SMARTS) is 1. The molecule has 0 bridgehead atoms. The molecule has 2 aliphatic rings. The molecule has 1 aromatic carbocycles. The second-order valence-electron chi connectivity index (χ2n) is 6.51. The van der Waals surface area contributed by atoms with Crippen LogP contribution >= 0.6 is 0 Å². The summed E-state index contributed by atoms with van der Waals surface area (Å²) in [7, 11) is 0. The molecule has 0 radical (unpaired) electrons. The maximum absolute atomic E-state index is 12.5. The number of carbonyl (C=O) groups excluding carboxylic acids is 1. The largest absolute Gasteiger partial charge is 0.493 e. The predicted octanol–water partition coefficient (Wildman–Crippen LogP) is 2.27. The Bertz CT molecular complexity index is 600. The van der Waals surface area contributed by atoms with E-state index in [4.69, 9.17) is 4.74 Å². The highest BCUT2D eigenvalue weighted by atomic mass is 16.5. The Morgan fingerprint density at radius 1 is 1.41 bits per heavy atom. The number of amides is 1. The van der Waals surface area contributed by atoms with Crippen molar-refractivity contribution < 1.29 is 19.4 Å². The minimum atomic E-state index is -0.820. The molecule has 1 saturated heterocycles. The molecule has 1 amide bonds. The number of aliphatic carboxylic acids is 1. The zero-order valence-corrected chi connectivity index (χ0v) is 12.7. The van der Waals surface area contributed by atoms with E-state index < -0.39 is 11.4 Å². The number of para-hydroxylation sites is 1. The fourth-order valence-corrected chi connectivity index (χ4v) is 3.32. The van der Waals surface area contributed by atoms with E-state index in [0.717, 1.165) is 17.7 Å². The van der Waals surface area contributed by atoms with Gasteiger partial charge >= 0.3 is 5.97 Å². The van der Waals surface area contributed by atoms with E-state index in [1.54, 1.807) is 11.8 Å². The van der Waals surface area contributed by atoms with Crippen LogP contribution in [-0.2, 0) is 9.59 Å². The quantitative estimate of drug-likeness (QED) is 0.930. The number of fused-ring (bicyclic) bond motifs is 1. The number of nitrogens with zero attached hydrogens (tertiary/aromatic N) is 1. The lowest BCUT2D eigenvalue weighted by Gasteiger charge is -2.27. The molecule has 0 saturated carbocycles. The third-order valence-electron chi connectivity index (χ3n) is 4.85. The van der Waals surface area contributed by atoms with E-state index in [9.17, 15) is 14.7 Å². The Hall–Kier alpha value is -2.04. The zero-order chi connectivity index (χ0) is 15.7. The van der Waals surface area contributed by atoms with Crippen LogP contribution < -0.4 is 4.74 Å². The summed E-state index contributed by atoms with van der Waals surface area (Å²) in [4.78, 5) is 25.5. The molecule has 0 spiro atoms. The van der Waals surface area contributed by atoms with Crippen molar-refractivity contribution in [2.45, 2.75) is 32.1 Å². The number of hydrogen-bond acceptors (Lipinski definition) is 3. The highest BCUT2D eigenvalue weighted by molar-refractivity contribution is 5.81. The summed E-state index contributed by atoms with van der Waals surface area (Å²) in [5.74, 6) is 0.253. The first-order chi connectivity index (χ1) is 10.5. The van der Waals surface area contributed by atoms with Gasteiger partial charge in [-0.15, -0.1) is 0 Å². The molecule has 22 heavy (non-hydrogen) atoms. The van der Waals surface area contributed by atoms with Crippen LogP contribution in [0.4, 0.5) is 0 Å². The van der Waals surface area contributed by atoms with E-state index >= 15 is 0 Å². The Morgan fingerprint density at radius 3 is 2.91 bits per heavy atom. The number of rotatable bonds is 3. The fourth-order valence-electron chi connectivity index (χ4n) is 3.32. The summed E-state index contributed by atoms with van der Waals surface area (Å²) in [5, 5.41) is 9.27. The molecule has 0 aliphatic carbocycles. The first kappa shape index (κ1) is 14.9. The average Bonchev–Trinajstić information content (AvgIpc) is 2.92. The van der Waals surface area contributed by atoms with Crippen LogP contribution in [0.5, 0.6) is 5.75 Å². The number of benzene rings is 1. The molecule has 2 atom stereocenters. The van der Waals surface area contributed by atoms with Crippen molar-refractivity contribution in [1.82, 2.24) is 4.90 Å². The van der Waals surface area contributed by atoms with Crippen molar-refractivity contribution in [3.63, 3.8) is 0 Å². The highest BCUT2D eigenvalue weighted by Crippen LogP contribution is 2.37. The van der Waals surface area contributed by atoms with E-state index in [1.807, 2.05) is 24.3 Å². The van der Waals surface area contributed by atoms with Crippen LogP contribution in [0.2, 0.25) is 0 Å². The maximum Gasteiger partial charge on any atom is 0.311 e. The Kier molecular flexibility index (Phi) is 3.81. The molecule has 118 valence electrons. The molecule has 1 aromatic rings. The molecule has 3 rings (SSSR count). The van der Waals surface area contributed by atoms with Crippen molar-refractivity contribution >= 4 is 11.9 Å². The Morgan fingerprint density at radius 2 is 2.18 bits per heavy atom. The second kappa shape index (κ2) is 5.63. The molecule has 2 aliphatic heterocycles. The second-order valence-corrected chi connectivity index (χ2v) is 6.51. The minimum absolute atomic E-state index is 0.0479. The SMILES string of the molecule is CC1(C(=O)O)CCN(C(=O)CC2CCOc3ccccc32)C1. The summed E-state index contributed by atoms with van der Waals surface area (Å²) in [5.41, 5.74) is 0.283. The summed E-state index contributed by atoms with van der Waals surface area (Å²) in [6, 6.07) is 7.84. The average molecular weight is 303 g/mol. The van der Waals surface area contributed by atoms with Gasteiger partial charge in [-0.05, 0) is 37.3 Å². The van der Waals surface area contributed by atoms with Crippen LogP contribution in [0, 0.1) is 5.41 Å². The number of hydrogen-bond donors (Lipinski definition) is 1. The lowest BCUT2D eigenvalue weighted by atomic mass is 9.89. The topological polar surface area (TPSA) is 66.8 Å². The third-order valence-corrected chi connectivity index (χ3v) is 4.85. The molecule has 2 unspecified atom stereocenters. The van der Waals surface area contributed by atoms with E-state index in [1.165, 1.54) is 0 Å². The monoisotopic (exact) mass is 303 g/mol. The molecule has 0 aromatic heterocycles. The van der Waals surface area contributed by atoms with Crippen molar-refractivity contribution in [1.29, 1.82) is 0 Å². The first-order valence-electron chi connectivity index (χ1n) is 7.72. The first-order valence-corrected chi connectivity index (χ1v) is 7.72. The summed E-state index contributed by atoms with van der Waals surface area (Å²) in [6.07, 6.45) is 1.78. The summed E-state index contributed by atoms with van der Waals surface area (Å²) < 4.78 is 5.62. The maximum atomic E-state index is 12.5. The third kappa shape index (κ3) is 2.67. The van der Waals surface area contributed by atoms with E-state index in [2.05, 4.69) is 0 Å². The van der Waals surface area contributed by atoms with Crippen molar-refractivity contribution in [2.75, 3.05) is 19.7 Å². The highest BCUT2D eigenvalue weighted by Gasteiger charge is 2.42. The molecular weight excluding hydrogens is 282 g/mol. The molecule has 1 N–H and O–H groups in total. The van der Waals surface area contributed by atoms with Crippen LogP contribution in [0.3, 0.4) is 0 Å². The number of ether oxygens (including phenoxy) is 1. The molecule has 1 fully saturated rings. The van der Waals surface area contributed by atoms with Gasteiger partial charge in [0.25, 0.3) is 0 Å². The van der Waals surface area contributed by atoms with Gasteiger partial charge in [-0.1, -0.05) is 18.2 Å². The lowest BCUT2D eigenvalue weighted by molar-refractivity contribution is -0.147. The van der Waals surface area contributed by atoms with Gasteiger partial charge in [-0.2, -0.15) is 0 Å². The van der Waals surface area contributed by atoms with Crippen molar-refractivity contribution in [3.05, 3.63) is 29.8 Å². The minimum Gasteiger partial charge on any atom is -0.493 e. The Balaban J connectivity index is 1.68. The van der Waals surface area contributed by atoms with Crippen molar-refractivity contribution in [3.8, 4) is 5.75 Å². The van der Waals surface area contributed by atoms with E-state index in [0.29, 0.717) is 32.5 Å². The van der Waals surface area contributed by atoms with Gasteiger partial charge in [0.15, 0.2) is 0 Å². The van der Waals surface area contributed by atoms with Crippen LogP contribution in [0.1, 0.15) is 37.7 Å². The number of likely N-dealkylation sites (tertiary alicyclic amines) is 1. The van der Waals surface area contributed by atoms with Crippen LogP contribution in [0.25, 0.3) is 0 Å². The molecular formula is C17H21NO4. The van der Waals surface area contributed by atoms with Gasteiger partial charge in [0.2, 0.25) is 5.91 Å². The van der Waals surface area contributed by atoms with Gasteiger partial charge in [-0.25, -0.2) is 0 Å². The Labute approximate surface area is 129 Å². The smallest absolute Gasteiger partial charge is 0.311 e. The van der Waals surface area contributed by atoms with Crippen LogP contribution in [0.15, 0.2) is 24.3 Å². The van der Waals surface area contributed by atoms with Gasteiger partial charge in [-0.3, -0.25) is 9.59 Å². The van der Waals surface area contributed by atoms with Gasteiger partial charge in [0.05, 0.1) is 12.0 Å².